The van der Waals surface area contributed by atoms with E-state index in [-0.39, 0.29) is 36.8 Å². The molecule has 1 aliphatic rings. The van der Waals surface area contributed by atoms with Crippen molar-refractivity contribution >= 4 is 53.5 Å². The highest BCUT2D eigenvalue weighted by molar-refractivity contribution is 7.97. The summed E-state index contributed by atoms with van der Waals surface area (Å²) in [5, 5.41) is 3.39. The van der Waals surface area contributed by atoms with Crippen molar-refractivity contribution in [1.29, 1.82) is 0 Å². The van der Waals surface area contributed by atoms with Crippen LogP contribution in [0.1, 0.15) is 17.4 Å². The van der Waals surface area contributed by atoms with Crippen molar-refractivity contribution in [2.75, 3.05) is 25.9 Å². The molecule has 0 radical (unpaired) electrons. The Hall–Kier alpha value is -1.80. The molecule has 1 saturated heterocycles. The zero-order valence-corrected chi connectivity index (χ0v) is 18.6. The third kappa shape index (κ3) is 5.04. The topological polar surface area (TPSA) is 63.1 Å². The number of hydrogen-bond acceptors (Lipinski definition) is 5. The zero-order chi connectivity index (χ0) is 18.6. The molecule has 3 aromatic rings. The third-order valence-electron chi connectivity index (χ3n) is 4.93. The number of nitrogens with zero attached hydrogens (tertiary/aromatic N) is 4. The number of piperazine rings is 1. The van der Waals surface area contributed by atoms with Crippen LogP contribution in [0.2, 0.25) is 0 Å². The molecule has 1 fully saturated rings. The van der Waals surface area contributed by atoms with Gasteiger partial charge in [0.25, 0.3) is 0 Å². The molecule has 1 atom stereocenters. The Balaban J connectivity index is 0.00000150. The lowest BCUT2D eigenvalue weighted by atomic mass is 10.1. The summed E-state index contributed by atoms with van der Waals surface area (Å²) >= 11 is 1.72. The highest BCUT2D eigenvalue weighted by atomic mass is 35.5. The predicted molar refractivity (Wildman–Crippen MR) is 123 cm³/mol. The summed E-state index contributed by atoms with van der Waals surface area (Å²) in [6.45, 7) is 2.57. The first-order chi connectivity index (χ1) is 13.3. The number of nitrogens with one attached hydrogen (secondary N) is 1. The van der Waals surface area contributed by atoms with Crippen molar-refractivity contribution in [2.24, 2.45) is 0 Å². The van der Waals surface area contributed by atoms with Crippen LogP contribution in [0.5, 0.6) is 0 Å². The van der Waals surface area contributed by atoms with Gasteiger partial charge in [0.1, 0.15) is 12.4 Å². The number of imidazole rings is 1. The molecule has 1 aromatic carbocycles. The van der Waals surface area contributed by atoms with Crippen molar-refractivity contribution in [2.45, 2.75) is 18.3 Å². The van der Waals surface area contributed by atoms with Gasteiger partial charge < -0.3 is 14.8 Å². The molecule has 4 rings (SSSR count). The van der Waals surface area contributed by atoms with Gasteiger partial charge in [0.15, 0.2) is 0 Å². The molecule has 0 spiro atoms. The number of rotatable bonds is 5. The number of carbonyl (C=O) groups is 1. The predicted octanol–water partition coefficient (Wildman–Crippen LogP) is 3.31. The first-order valence-corrected chi connectivity index (χ1v) is 10.5. The van der Waals surface area contributed by atoms with Gasteiger partial charge >= 0.3 is 0 Å². The first-order valence-electron chi connectivity index (χ1n) is 9.11. The van der Waals surface area contributed by atoms with Crippen molar-refractivity contribution < 1.29 is 4.79 Å². The first kappa shape index (κ1) is 23.5. The van der Waals surface area contributed by atoms with Gasteiger partial charge in [-0.2, -0.15) is 11.8 Å². The van der Waals surface area contributed by atoms with E-state index < -0.39 is 0 Å². The molecular weight excluding hydrogens is 429 g/mol. The number of hydrogen-bond donors (Lipinski definition) is 1. The van der Waals surface area contributed by atoms with Crippen LogP contribution in [0.15, 0.2) is 48.8 Å². The van der Waals surface area contributed by atoms with Gasteiger partial charge in [-0.15, -0.1) is 24.8 Å². The van der Waals surface area contributed by atoms with Crippen LogP contribution >= 0.6 is 36.6 Å². The fourth-order valence-corrected chi connectivity index (χ4v) is 4.12. The van der Waals surface area contributed by atoms with E-state index >= 15 is 0 Å². The fraction of sp³-hybridized carbons (Fsp3) is 0.350. The normalized spacial score (nSPS) is 16.2. The van der Waals surface area contributed by atoms with E-state index in [4.69, 9.17) is 4.98 Å². The third-order valence-corrected chi connectivity index (χ3v) is 5.48. The molecule has 156 valence electrons. The van der Waals surface area contributed by atoms with E-state index in [1.54, 1.807) is 18.0 Å². The van der Waals surface area contributed by atoms with Crippen LogP contribution < -0.4 is 5.32 Å². The molecule has 2 aromatic heterocycles. The number of thioether (sulfide) groups is 1. The minimum atomic E-state index is 0. The molecule has 29 heavy (non-hydrogen) atoms. The van der Waals surface area contributed by atoms with E-state index in [0.29, 0.717) is 13.1 Å². The quantitative estimate of drug-likeness (QED) is 0.641. The number of fused-ring (bicyclic) bond motifs is 1. The molecule has 3 heterocycles. The van der Waals surface area contributed by atoms with Gasteiger partial charge in [0, 0.05) is 32.0 Å². The lowest BCUT2D eigenvalue weighted by Crippen LogP contribution is -2.49. The van der Waals surface area contributed by atoms with E-state index in [9.17, 15) is 4.79 Å². The summed E-state index contributed by atoms with van der Waals surface area (Å²) < 4.78 is 2.07. The molecule has 0 aliphatic carbocycles. The minimum Gasteiger partial charge on any atom is -0.331 e. The zero-order valence-electron chi connectivity index (χ0n) is 16.2. The molecule has 1 unspecified atom stereocenters. The van der Waals surface area contributed by atoms with E-state index in [1.165, 1.54) is 0 Å². The summed E-state index contributed by atoms with van der Waals surface area (Å²) in [5.74, 6) is 1.86. The average Bonchev–Trinajstić information content (AvgIpc) is 3.06. The van der Waals surface area contributed by atoms with Gasteiger partial charge in [0.05, 0.1) is 22.8 Å². The van der Waals surface area contributed by atoms with E-state index in [1.807, 2.05) is 47.5 Å². The van der Waals surface area contributed by atoms with Crippen molar-refractivity contribution in [3.8, 4) is 0 Å². The lowest BCUT2D eigenvalue weighted by Gasteiger charge is -2.36. The number of carbonyl (C=O) groups excluding carboxylic acids is 1. The number of aromatic nitrogens is 3. The second kappa shape index (κ2) is 10.8. The maximum absolute atomic E-state index is 13.3. The number of benzene rings is 1. The molecule has 6 nitrogen and oxygen atoms in total. The Morgan fingerprint density at radius 2 is 2.07 bits per heavy atom. The Morgan fingerprint density at radius 3 is 2.83 bits per heavy atom. The van der Waals surface area contributed by atoms with E-state index in [0.717, 1.165) is 41.3 Å². The highest BCUT2D eigenvalue weighted by Gasteiger charge is 2.28. The summed E-state index contributed by atoms with van der Waals surface area (Å²) in [6.07, 6.45) is 5.67. The SMILES string of the molecule is CSCc1nc2ccccc2n1CC(=O)N1CCNCC1c1cccnc1.Cl.Cl. The molecule has 9 heteroatoms. The fourth-order valence-electron chi connectivity index (χ4n) is 3.64. The Kier molecular flexibility index (Phi) is 8.77. The van der Waals surface area contributed by atoms with Gasteiger partial charge in [-0.05, 0) is 30.0 Å². The Labute approximate surface area is 187 Å². The van der Waals surface area contributed by atoms with Gasteiger partial charge in [0.2, 0.25) is 5.91 Å². The van der Waals surface area contributed by atoms with Crippen LogP contribution in [0, 0.1) is 0 Å². The van der Waals surface area contributed by atoms with Crippen LogP contribution in [0.3, 0.4) is 0 Å². The minimum absolute atomic E-state index is 0. The summed E-state index contributed by atoms with van der Waals surface area (Å²) in [5.41, 5.74) is 3.03. The summed E-state index contributed by atoms with van der Waals surface area (Å²) in [4.78, 5) is 24.2. The van der Waals surface area contributed by atoms with Crippen LogP contribution in [0.25, 0.3) is 11.0 Å². The Bertz CT molecular complexity index is 937. The lowest BCUT2D eigenvalue weighted by molar-refractivity contribution is -0.135. The summed E-state index contributed by atoms with van der Waals surface area (Å²) in [7, 11) is 0. The second-order valence-electron chi connectivity index (χ2n) is 6.63. The average molecular weight is 454 g/mol. The summed E-state index contributed by atoms with van der Waals surface area (Å²) in [6, 6.07) is 12.0. The van der Waals surface area contributed by atoms with Crippen molar-refractivity contribution in [3.05, 3.63) is 60.2 Å². The Morgan fingerprint density at radius 1 is 1.24 bits per heavy atom. The van der Waals surface area contributed by atoms with Gasteiger partial charge in [-0.25, -0.2) is 4.98 Å². The van der Waals surface area contributed by atoms with Crippen LogP contribution in [-0.2, 0) is 17.1 Å². The molecule has 1 aliphatic heterocycles. The molecule has 0 bridgehead atoms. The number of pyridine rings is 1. The molecule has 1 amide bonds. The van der Waals surface area contributed by atoms with Crippen molar-refractivity contribution in [1.82, 2.24) is 24.8 Å². The van der Waals surface area contributed by atoms with Crippen molar-refractivity contribution in [3.63, 3.8) is 0 Å². The number of amides is 1. The number of para-hydroxylation sites is 2. The van der Waals surface area contributed by atoms with E-state index in [2.05, 4.69) is 21.1 Å². The largest absolute Gasteiger partial charge is 0.331 e. The van der Waals surface area contributed by atoms with Gasteiger partial charge in [-0.1, -0.05) is 18.2 Å². The molecular formula is C20H25Cl2N5OS. The molecule has 0 saturated carbocycles. The highest BCUT2D eigenvalue weighted by Crippen LogP contribution is 2.24. The maximum atomic E-state index is 13.3. The van der Waals surface area contributed by atoms with Crippen LogP contribution in [0.4, 0.5) is 0 Å². The van der Waals surface area contributed by atoms with Crippen LogP contribution in [-0.4, -0.2) is 51.2 Å². The maximum Gasteiger partial charge on any atom is 0.243 e. The molecule has 1 N–H and O–H groups in total. The van der Waals surface area contributed by atoms with Gasteiger partial charge in [-0.3, -0.25) is 9.78 Å². The second-order valence-corrected chi connectivity index (χ2v) is 7.50. The standard InChI is InChI=1S/C20H23N5OS.2ClH/c1-27-14-19-23-16-6-2-3-7-17(16)25(19)13-20(26)24-10-9-22-12-18(24)15-5-4-8-21-11-15;;/h2-8,11,18,22H,9-10,12-14H2,1H3;2*1H. The monoisotopic (exact) mass is 453 g/mol. The smallest absolute Gasteiger partial charge is 0.243 e. The number of halogens is 2.